The number of ether oxygens (including phenoxy) is 1. The van der Waals surface area contributed by atoms with Crippen LogP contribution in [0.25, 0.3) is 0 Å². The minimum Gasteiger partial charge on any atom is -0.383 e. The van der Waals surface area contributed by atoms with Crippen molar-refractivity contribution in [2.75, 3.05) is 33.1 Å². The molecule has 80 valence electrons. The summed E-state index contributed by atoms with van der Waals surface area (Å²) in [6.07, 6.45) is 0. The molecule has 0 spiro atoms. The molecule has 0 radical (unpaired) electrons. The van der Waals surface area contributed by atoms with E-state index in [0.29, 0.717) is 6.61 Å². The van der Waals surface area contributed by atoms with Crippen LogP contribution in [0.15, 0.2) is 0 Å². The number of halogens is 1. The zero-order chi connectivity index (χ0) is 10.5. The minimum absolute atomic E-state index is 0.0973. The van der Waals surface area contributed by atoms with Crippen molar-refractivity contribution in [1.29, 1.82) is 0 Å². The van der Waals surface area contributed by atoms with Gasteiger partial charge in [-0.1, -0.05) is 0 Å². The van der Waals surface area contributed by atoms with Crippen molar-refractivity contribution in [3.8, 4) is 0 Å². The molecule has 0 aliphatic heterocycles. The summed E-state index contributed by atoms with van der Waals surface area (Å²) >= 11 is 5.81. The van der Waals surface area contributed by atoms with Crippen molar-refractivity contribution in [1.82, 2.24) is 4.31 Å². The second kappa shape index (κ2) is 5.80. The predicted molar refractivity (Wildman–Crippen MR) is 53.6 cm³/mol. The van der Waals surface area contributed by atoms with E-state index in [2.05, 4.69) is 0 Å². The minimum atomic E-state index is -3.12. The van der Waals surface area contributed by atoms with E-state index in [9.17, 15) is 8.42 Å². The van der Waals surface area contributed by atoms with E-state index in [1.54, 1.807) is 6.92 Å². The highest BCUT2D eigenvalue weighted by Gasteiger charge is 2.18. The fourth-order valence-corrected chi connectivity index (χ4v) is 2.11. The molecule has 0 N–H and O–H groups in total. The molecule has 6 heteroatoms. The lowest BCUT2D eigenvalue weighted by atomic mass is 10.4. The Morgan fingerprint density at radius 2 is 2.08 bits per heavy atom. The first kappa shape index (κ1) is 13.2. The summed E-state index contributed by atoms with van der Waals surface area (Å²) in [5, 5.41) is -0.295. The highest BCUT2D eigenvalue weighted by molar-refractivity contribution is 7.89. The van der Waals surface area contributed by atoms with Gasteiger partial charge in [0.15, 0.2) is 0 Å². The molecule has 0 saturated carbocycles. The summed E-state index contributed by atoms with van der Waals surface area (Å²) in [4.78, 5) is 0. The molecule has 0 saturated heterocycles. The van der Waals surface area contributed by atoms with E-state index < -0.39 is 10.0 Å². The van der Waals surface area contributed by atoms with Gasteiger partial charge in [0, 0.05) is 20.7 Å². The summed E-state index contributed by atoms with van der Waals surface area (Å²) in [5.41, 5.74) is 0. The summed E-state index contributed by atoms with van der Waals surface area (Å²) in [7, 11) is -0.0691. The zero-order valence-electron chi connectivity index (χ0n) is 8.16. The predicted octanol–water partition coefficient (Wildman–Crippen LogP) is 0.522. The highest BCUT2D eigenvalue weighted by atomic mass is 35.5. The molecule has 0 aromatic rings. The SMILES string of the molecule is CCS(=O)(=O)N(C)CC(Cl)COC. The summed E-state index contributed by atoms with van der Waals surface area (Å²) in [5.74, 6) is 0.0973. The smallest absolute Gasteiger partial charge is 0.213 e. The molecule has 0 aromatic heterocycles. The Hall–Kier alpha value is 0.160. The Morgan fingerprint density at radius 1 is 1.54 bits per heavy atom. The van der Waals surface area contributed by atoms with Gasteiger partial charge in [-0.2, -0.15) is 0 Å². The molecule has 0 rings (SSSR count). The van der Waals surface area contributed by atoms with Crippen LogP contribution >= 0.6 is 11.6 Å². The topological polar surface area (TPSA) is 46.6 Å². The molecule has 0 bridgehead atoms. The maximum absolute atomic E-state index is 11.3. The first-order valence-electron chi connectivity index (χ1n) is 4.01. The molecule has 0 heterocycles. The molecule has 0 amide bonds. The van der Waals surface area contributed by atoms with E-state index in [-0.39, 0.29) is 17.7 Å². The monoisotopic (exact) mass is 229 g/mol. The van der Waals surface area contributed by atoms with Gasteiger partial charge in [0.25, 0.3) is 0 Å². The molecular weight excluding hydrogens is 214 g/mol. The van der Waals surface area contributed by atoms with E-state index in [4.69, 9.17) is 16.3 Å². The Kier molecular flexibility index (Phi) is 5.87. The first-order valence-corrected chi connectivity index (χ1v) is 6.05. The van der Waals surface area contributed by atoms with Gasteiger partial charge in [0.1, 0.15) is 0 Å². The van der Waals surface area contributed by atoms with E-state index in [1.165, 1.54) is 18.5 Å². The van der Waals surface area contributed by atoms with Gasteiger partial charge < -0.3 is 4.74 Å². The van der Waals surface area contributed by atoms with Crippen LogP contribution in [0.3, 0.4) is 0 Å². The first-order chi connectivity index (χ1) is 5.94. The summed E-state index contributed by atoms with van der Waals surface area (Å²) < 4.78 is 28.6. The number of nitrogens with zero attached hydrogens (tertiary/aromatic N) is 1. The fourth-order valence-electron chi connectivity index (χ4n) is 0.846. The third-order valence-corrected chi connectivity index (χ3v) is 3.73. The number of rotatable bonds is 6. The third-order valence-electron chi connectivity index (χ3n) is 1.64. The van der Waals surface area contributed by atoms with Crippen LogP contribution in [0.1, 0.15) is 6.92 Å². The maximum Gasteiger partial charge on any atom is 0.213 e. The van der Waals surface area contributed by atoms with Gasteiger partial charge in [0.2, 0.25) is 10.0 Å². The molecular formula is C7H16ClNO3S. The molecule has 1 unspecified atom stereocenters. The van der Waals surface area contributed by atoms with Crippen molar-refractivity contribution in [3.05, 3.63) is 0 Å². The van der Waals surface area contributed by atoms with Crippen LogP contribution in [0.5, 0.6) is 0 Å². The number of methoxy groups -OCH3 is 1. The van der Waals surface area contributed by atoms with Crippen LogP contribution < -0.4 is 0 Å². The van der Waals surface area contributed by atoms with Gasteiger partial charge >= 0.3 is 0 Å². The van der Waals surface area contributed by atoms with Crippen molar-refractivity contribution >= 4 is 21.6 Å². The molecule has 0 fully saturated rings. The van der Waals surface area contributed by atoms with Crippen molar-refractivity contribution < 1.29 is 13.2 Å². The highest BCUT2D eigenvalue weighted by Crippen LogP contribution is 2.04. The quantitative estimate of drug-likeness (QED) is 0.624. The fraction of sp³-hybridized carbons (Fsp3) is 1.00. The molecule has 1 atom stereocenters. The van der Waals surface area contributed by atoms with Crippen molar-refractivity contribution in [2.24, 2.45) is 0 Å². The van der Waals surface area contributed by atoms with E-state index in [0.717, 1.165) is 0 Å². The molecule has 0 aliphatic carbocycles. The Labute approximate surface area is 84.9 Å². The van der Waals surface area contributed by atoms with Gasteiger partial charge in [-0.05, 0) is 6.92 Å². The molecule has 0 aliphatic rings. The van der Waals surface area contributed by atoms with Crippen LogP contribution in [0.4, 0.5) is 0 Å². The Bertz CT molecular complexity index is 230. The normalized spacial score (nSPS) is 14.8. The van der Waals surface area contributed by atoms with E-state index in [1.807, 2.05) is 0 Å². The average Bonchev–Trinajstić information content (AvgIpc) is 2.04. The summed E-state index contributed by atoms with van der Waals surface area (Å²) in [6.45, 7) is 2.24. The lowest BCUT2D eigenvalue weighted by molar-refractivity contribution is 0.192. The largest absolute Gasteiger partial charge is 0.383 e. The van der Waals surface area contributed by atoms with Crippen LogP contribution in [-0.4, -0.2) is 51.2 Å². The molecule has 13 heavy (non-hydrogen) atoms. The van der Waals surface area contributed by atoms with Gasteiger partial charge in [-0.3, -0.25) is 0 Å². The number of sulfonamides is 1. The average molecular weight is 230 g/mol. The number of hydrogen-bond donors (Lipinski definition) is 0. The lowest BCUT2D eigenvalue weighted by Crippen LogP contribution is -2.34. The van der Waals surface area contributed by atoms with Gasteiger partial charge in [0.05, 0.1) is 17.7 Å². The van der Waals surface area contributed by atoms with Crippen LogP contribution in [0.2, 0.25) is 0 Å². The Morgan fingerprint density at radius 3 is 2.46 bits per heavy atom. The lowest BCUT2D eigenvalue weighted by Gasteiger charge is -2.18. The summed E-state index contributed by atoms with van der Waals surface area (Å²) in [6, 6.07) is 0. The maximum atomic E-state index is 11.3. The van der Waals surface area contributed by atoms with Crippen LogP contribution in [-0.2, 0) is 14.8 Å². The zero-order valence-corrected chi connectivity index (χ0v) is 9.73. The van der Waals surface area contributed by atoms with Gasteiger partial charge in [-0.25, -0.2) is 12.7 Å². The Balaban J connectivity index is 4.07. The van der Waals surface area contributed by atoms with E-state index >= 15 is 0 Å². The second-order valence-corrected chi connectivity index (χ2v) is 5.72. The van der Waals surface area contributed by atoms with Crippen molar-refractivity contribution in [2.45, 2.75) is 12.3 Å². The molecule has 0 aromatic carbocycles. The molecule has 4 nitrogen and oxygen atoms in total. The van der Waals surface area contributed by atoms with Crippen LogP contribution in [0, 0.1) is 0 Å². The second-order valence-electron chi connectivity index (χ2n) is 2.73. The number of hydrogen-bond acceptors (Lipinski definition) is 3. The third kappa shape index (κ3) is 4.81. The van der Waals surface area contributed by atoms with Gasteiger partial charge in [-0.15, -0.1) is 11.6 Å². The standard InChI is InChI=1S/C7H16ClNO3S/c1-4-13(10,11)9(2)5-7(8)6-12-3/h7H,4-6H2,1-3H3. The van der Waals surface area contributed by atoms with Crippen molar-refractivity contribution in [3.63, 3.8) is 0 Å². The number of alkyl halides is 1.